The molecule has 0 bridgehead atoms. The standard InChI is InChI=1S/C24H42Si/c1-2-3-4-5-6-7-8-9-10-11-12-13-14-15-16-20-23-25-24-21-18-17-19-22-24/h17-19,21-22H,2-16,20,23H2,1H3. The maximum atomic E-state index is 2.30. The molecule has 1 aromatic carbocycles. The lowest BCUT2D eigenvalue weighted by molar-refractivity contribution is 0.531. The molecule has 0 saturated heterocycles. The first-order valence-electron chi connectivity index (χ1n) is 11.2. The van der Waals surface area contributed by atoms with Gasteiger partial charge in [0.2, 0.25) is 0 Å². The normalized spacial score (nSPS) is 11.1. The Morgan fingerprint density at radius 3 is 1.36 bits per heavy atom. The lowest BCUT2D eigenvalue weighted by Gasteiger charge is -2.04. The Hall–Kier alpha value is -0.563. The SMILES string of the molecule is CCCCCCCCCCCCCCCCCC[Si]c1ccccc1. The van der Waals surface area contributed by atoms with Crippen molar-refractivity contribution < 1.29 is 0 Å². The number of unbranched alkanes of at least 4 members (excludes halogenated alkanes) is 15. The molecule has 0 heterocycles. The van der Waals surface area contributed by atoms with Crippen molar-refractivity contribution in [3.05, 3.63) is 30.3 Å². The van der Waals surface area contributed by atoms with Crippen molar-refractivity contribution in [1.82, 2.24) is 0 Å². The zero-order valence-corrected chi connectivity index (χ0v) is 17.9. The average molecular weight is 359 g/mol. The molecule has 0 aromatic heterocycles. The van der Waals surface area contributed by atoms with Crippen LogP contribution in [-0.4, -0.2) is 9.52 Å². The fourth-order valence-corrected chi connectivity index (χ4v) is 4.61. The summed E-state index contributed by atoms with van der Waals surface area (Å²) in [6, 6.07) is 12.4. The van der Waals surface area contributed by atoms with Crippen LogP contribution in [0.25, 0.3) is 0 Å². The summed E-state index contributed by atoms with van der Waals surface area (Å²) in [6.07, 6.45) is 23.3. The van der Waals surface area contributed by atoms with Gasteiger partial charge in [0.1, 0.15) is 0 Å². The second-order valence-electron chi connectivity index (χ2n) is 7.60. The fourth-order valence-electron chi connectivity index (χ4n) is 3.46. The Balaban J connectivity index is 1.69. The maximum absolute atomic E-state index is 2.30. The first kappa shape index (κ1) is 22.5. The van der Waals surface area contributed by atoms with Gasteiger partial charge in [0.15, 0.2) is 0 Å². The maximum Gasteiger partial charge on any atom is 0.0807 e. The molecule has 1 aromatic rings. The molecule has 0 fully saturated rings. The first-order chi connectivity index (χ1) is 12.4. The van der Waals surface area contributed by atoms with Gasteiger partial charge in [-0.25, -0.2) is 0 Å². The molecule has 0 amide bonds. The molecule has 0 nitrogen and oxygen atoms in total. The Kier molecular flexibility index (Phi) is 16.4. The summed E-state index contributed by atoms with van der Waals surface area (Å²) in [5.74, 6) is 0. The van der Waals surface area contributed by atoms with Crippen molar-refractivity contribution in [2.75, 3.05) is 0 Å². The highest BCUT2D eigenvalue weighted by Crippen LogP contribution is 2.14. The molecule has 0 saturated carbocycles. The Bertz CT molecular complexity index is 360. The highest BCUT2D eigenvalue weighted by molar-refractivity contribution is 6.53. The van der Waals surface area contributed by atoms with E-state index >= 15 is 0 Å². The highest BCUT2D eigenvalue weighted by Gasteiger charge is 1.96. The summed E-state index contributed by atoms with van der Waals surface area (Å²) in [6.45, 7) is 2.30. The highest BCUT2D eigenvalue weighted by atomic mass is 28.2. The van der Waals surface area contributed by atoms with Crippen LogP contribution in [0.1, 0.15) is 110 Å². The van der Waals surface area contributed by atoms with E-state index < -0.39 is 0 Å². The molecule has 142 valence electrons. The summed E-state index contributed by atoms with van der Waals surface area (Å²) in [7, 11) is 1.02. The zero-order valence-electron chi connectivity index (χ0n) is 16.9. The van der Waals surface area contributed by atoms with E-state index in [-0.39, 0.29) is 0 Å². The summed E-state index contributed by atoms with van der Waals surface area (Å²) >= 11 is 0. The van der Waals surface area contributed by atoms with Crippen LogP contribution in [-0.2, 0) is 0 Å². The third-order valence-corrected chi connectivity index (χ3v) is 6.48. The van der Waals surface area contributed by atoms with Crippen molar-refractivity contribution in [3.63, 3.8) is 0 Å². The quantitative estimate of drug-likeness (QED) is 0.186. The Labute approximate surface area is 161 Å². The topological polar surface area (TPSA) is 0 Å². The van der Waals surface area contributed by atoms with Crippen LogP contribution in [0, 0.1) is 0 Å². The van der Waals surface area contributed by atoms with Crippen LogP contribution in [0.4, 0.5) is 0 Å². The van der Waals surface area contributed by atoms with Gasteiger partial charge in [-0.05, 0) is 0 Å². The average Bonchev–Trinajstić information content (AvgIpc) is 2.65. The predicted molar refractivity (Wildman–Crippen MR) is 116 cm³/mol. The van der Waals surface area contributed by atoms with Gasteiger partial charge in [-0.3, -0.25) is 0 Å². The minimum absolute atomic E-state index is 1.02. The van der Waals surface area contributed by atoms with E-state index in [0.29, 0.717) is 0 Å². The van der Waals surface area contributed by atoms with Crippen LogP contribution >= 0.6 is 0 Å². The summed E-state index contributed by atoms with van der Waals surface area (Å²) in [5, 5.41) is 1.53. The van der Waals surface area contributed by atoms with Gasteiger partial charge in [0.05, 0.1) is 9.52 Å². The summed E-state index contributed by atoms with van der Waals surface area (Å²) < 4.78 is 0. The Morgan fingerprint density at radius 1 is 0.520 bits per heavy atom. The zero-order chi connectivity index (χ0) is 17.8. The van der Waals surface area contributed by atoms with Gasteiger partial charge in [-0.2, -0.15) is 0 Å². The van der Waals surface area contributed by atoms with E-state index in [0.717, 1.165) is 9.52 Å². The van der Waals surface area contributed by atoms with E-state index in [4.69, 9.17) is 0 Å². The molecular formula is C24H42Si. The molecule has 1 rings (SSSR count). The summed E-state index contributed by atoms with van der Waals surface area (Å²) in [5.41, 5.74) is 0. The summed E-state index contributed by atoms with van der Waals surface area (Å²) in [4.78, 5) is 0. The minimum Gasteiger partial charge on any atom is -0.0654 e. The van der Waals surface area contributed by atoms with E-state index in [1.54, 1.807) is 0 Å². The van der Waals surface area contributed by atoms with Gasteiger partial charge in [-0.1, -0.05) is 151 Å². The molecule has 0 unspecified atom stereocenters. The van der Waals surface area contributed by atoms with E-state index in [1.807, 2.05) is 0 Å². The number of hydrogen-bond donors (Lipinski definition) is 0. The first-order valence-corrected chi connectivity index (χ1v) is 12.4. The molecule has 0 aliphatic rings. The van der Waals surface area contributed by atoms with E-state index in [2.05, 4.69) is 37.3 Å². The van der Waals surface area contributed by atoms with Gasteiger partial charge >= 0.3 is 0 Å². The fraction of sp³-hybridized carbons (Fsp3) is 0.750. The molecule has 2 radical (unpaired) electrons. The van der Waals surface area contributed by atoms with Crippen molar-refractivity contribution in [1.29, 1.82) is 0 Å². The van der Waals surface area contributed by atoms with Crippen LogP contribution in [0.5, 0.6) is 0 Å². The van der Waals surface area contributed by atoms with Crippen LogP contribution in [0.15, 0.2) is 30.3 Å². The van der Waals surface area contributed by atoms with Gasteiger partial charge in [-0.15, -0.1) is 0 Å². The molecule has 1 heteroatoms. The molecule has 0 N–H and O–H groups in total. The number of hydrogen-bond acceptors (Lipinski definition) is 0. The van der Waals surface area contributed by atoms with Crippen molar-refractivity contribution >= 4 is 14.7 Å². The van der Waals surface area contributed by atoms with Gasteiger partial charge in [0.25, 0.3) is 0 Å². The van der Waals surface area contributed by atoms with E-state index in [1.165, 1.54) is 114 Å². The third kappa shape index (κ3) is 15.4. The second kappa shape index (κ2) is 18.2. The molecule has 0 aliphatic carbocycles. The van der Waals surface area contributed by atoms with Crippen LogP contribution in [0.3, 0.4) is 0 Å². The molecular weight excluding hydrogens is 316 g/mol. The van der Waals surface area contributed by atoms with Crippen molar-refractivity contribution in [2.24, 2.45) is 0 Å². The minimum atomic E-state index is 1.02. The van der Waals surface area contributed by atoms with E-state index in [9.17, 15) is 0 Å². The lowest BCUT2D eigenvalue weighted by atomic mass is 10.0. The lowest BCUT2D eigenvalue weighted by Crippen LogP contribution is -2.12. The largest absolute Gasteiger partial charge is 0.0807 e. The van der Waals surface area contributed by atoms with Crippen molar-refractivity contribution in [2.45, 2.75) is 116 Å². The molecule has 0 aliphatic heterocycles. The smallest absolute Gasteiger partial charge is 0.0654 e. The predicted octanol–water partition coefficient (Wildman–Crippen LogP) is 7.70. The molecule has 25 heavy (non-hydrogen) atoms. The Morgan fingerprint density at radius 2 is 0.920 bits per heavy atom. The number of rotatable bonds is 18. The van der Waals surface area contributed by atoms with Gasteiger partial charge in [0, 0.05) is 0 Å². The molecule has 0 spiro atoms. The number of benzene rings is 1. The van der Waals surface area contributed by atoms with Crippen LogP contribution < -0.4 is 5.19 Å². The third-order valence-electron chi connectivity index (χ3n) is 5.13. The van der Waals surface area contributed by atoms with Crippen molar-refractivity contribution in [3.8, 4) is 0 Å². The van der Waals surface area contributed by atoms with Gasteiger partial charge < -0.3 is 0 Å². The second-order valence-corrected chi connectivity index (χ2v) is 9.03. The monoisotopic (exact) mass is 358 g/mol. The molecule has 0 atom stereocenters. The van der Waals surface area contributed by atoms with Crippen LogP contribution in [0.2, 0.25) is 6.04 Å².